The summed E-state index contributed by atoms with van der Waals surface area (Å²) in [5.41, 5.74) is 5.16. The number of nitrogens with one attached hydrogen (secondary N) is 1. The van der Waals surface area contributed by atoms with Gasteiger partial charge in [0.25, 0.3) is 5.91 Å². The first-order valence-corrected chi connectivity index (χ1v) is 18.0. The fourth-order valence-electron chi connectivity index (χ4n) is 7.68. The zero-order valence-electron chi connectivity index (χ0n) is 30.9. The van der Waals surface area contributed by atoms with Gasteiger partial charge < -0.3 is 39.1 Å². The molecule has 4 aliphatic heterocycles. The third kappa shape index (κ3) is 5.89. The molecule has 54 heavy (non-hydrogen) atoms. The molecule has 0 saturated carbocycles. The number of benzene rings is 4. The van der Waals surface area contributed by atoms with E-state index in [0.29, 0.717) is 77.7 Å². The first-order valence-electron chi connectivity index (χ1n) is 18.0. The van der Waals surface area contributed by atoms with Crippen molar-refractivity contribution in [3.05, 3.63) is 107 Å². The summed E-state index contributed by atoms with van der Waals surface area (Å²) < 4.78 is 18.3. The van der Waals surface area contributed by atoms with E-state index >= 15 is 0 Å². The largest absolute Gasteiger partial charge is 0.456 e. The van der Waals surface area contributed by atoms with Crippen LogP contribution in [0.1, 0.15) is 44.3 Å². The van der Waals surface area contributed by atoms with Gasteiger partial charge in [0.2, 0.25) is 5.91 Å². The first kappa shape index (κ1) is 34.8. The Labute approximate surface area is 313 Å². The number of rotatable bonds is 7. The van der Waals surface area contributed by atoms with E-state index in [1.165, 1.54) is 6.92 Å². The zero-order valence-corrected chi connectivity index (χ0v) is 30.9. The van der Waals surface area contributed by atoms with Gasteiger partial charge in [-0.2, -0.15) is 0 Å². The van der Waals surface area contributed by atoms with E-state index in [1.807, 2.05) is 110 Å². The normalized spacial score (nSPS) is 17.9. The number of ether oxygens (including phenoxy) is 3. The molecule has 0 unspecified atom stereocenters. The van der Waals surface area contributed by atoms with E-state index in [4.69, 9.17) is 14.2 Å². The molecule has 2 fully saturated rings. The zero-order chi connectivity index (χ0) is 37.9. The summed E-state index contributed by atoms with van der Waals surface area (Å²) in [6.45, 7) is 4.29. The van der Waals surface area contributed by atoms with Crippen LogP contribution in [0.4, 0.5) is 27.5 Å². The molecule has 0 aromatic heterocycles. The quantitative estimate of drug-likeness (QED) is 0.265. The van der Waals surface area contributed by atoms with Crippen LogP contribution in [0.5, 0.6) is 11.5 Å². The smallest absolute Gasteiger partial charge is 0.414 e. The number of piperazine rings is 1. The SMILES string of the molecule is CC(=O)NC[C@H]1CN(c2ccc(N3CCN(C(=O)c4ccc5c(c4)C4(OC5=O)c5ccc(N(C)C)cc5Oc5cc(N(C)C)ccc54)CC3)cc2)C(=O)O1. The van der Waals surface area contributed by atoms with Crippen LogP contribution in [0, 0.1) is 0 Å². The van der Waals surface area contributed by atoms with E-state index in [2.05, 4.69) is 10.2 Å². The molecule has 13 heteroatoms. The van der Waals surface area contributed by atoms with Crippen molar-refractivity contribution in [3.63, 3.8) is 0 Å². The predicted octanol–water partition coefficient (Wildman–Crippen LogP) is 4.81. The summed E-state index contributed by atoms with van der Waals surface area (Å²) in [5.74, 6) is 0.409. The van der Waals surface area contributed by atoms with Gasteiger partial charge in [0, 0.05) is 118 Å². The lowest BCUT2D eigenvalue weighted by atomic mass is 9.77. The lowest BCUT2D eigenvalue weighted by Gasteiger charge is -2.38. The van der Waals surface area contributed by atoms with Gasteiger partial charge in [-0.15, -0.1) is 0 Å². The second kappa shape index (κ2) is 13.3. The van der Waals surface area contributed by atoms with E-state index in [0.717, 1.165) is 17.1 Å². The standard InChI is InChI=1S/C41H42N6O7/c1-25(48)42-23-31-24-47(40(51)52-31)28-9-7-27(8-10-28)45-16-18-46(19-17-45)38(49)26-6-13-32-35(20-26)41(54-39(32)50)33-14-11-29(43(2)3)21-36(33)53-37-22-30(44(4)5)12-15-34(37)41/h6-15,20-22,31H,16-19,23-24H2,1-5H3,(H,42,48)/t31-/m0/s1. The number of cyclic esters (lactones) is 1. The van der Waals surface area contributed by atoms with Crippen LogP contribution >= 0.6 is 0 Å². The van der Waals surface area contributed by atoms with Gasteiger partial charge in [0.05, 0.1) is 18.7 Å². The number of hydrogen-bond donors (Lipinski definition) is 1. The molecule has 8 rings (SSSR count). The Kier molecular flexibility index (Phi) is 8.59. The highest BCUT2D eigenvalue weighted by Gasteiger charge is 2.54. The number of anilines is 4. The van der Waals surface area contributed by atoms with Crippen molar-refractivity contribution in [1.82, 2.24) is 10.2 Å². The molecule has 0 radical (unpaired) electrons. The molecule has 4 aromatic carbocycles. The van der Waals surface area contributed by atoms with E-state index in [9.17, 15) is 19.2 Å². The Morgan fingerprint density at radius 2 is 1.39 bits per heavy atom. The molecule has 1 atom stereocenters. The summed E-state index contributed by atoms with van der Waals surface area (Å²) in [6.07, 6.45) is -0.854. The van der Waals surface area contributed by atoms with Crippen molar-refractivity contribution in [3.8, 4) is 11.5 Å². The number of carbonyl (C=O) groups is 4. The van der Waals surface area contributed by atoms with E-state index < -0.39 is 23.8 Å². The van der Waals surface area contributed by atoms with Crippen LogP contribution in [0.3, 0.4) is 0 Å². The molecule has 0 aliphatic carbocycles. The van der Waals surface area contributed by atoms with Crippen LogP contribution in [0.25, 0.3) is 0 Å². The third-order valence-electron chi connectivity index (χ3n) is 10.6. The predicted molar refractivity (Wildman–Crippen MR) is 204 cm³/mol. The van der Waals surface area contributed by atoms with Crippen molar-refractivity contribution in [2.45, 2.75) is 18.6 Å². The molecule has 4 heterocycles. The summed E-state index contributed by atoms with van der Waals surface area (Å²) >= 11 is 0. The number of nitrogens with zero attached hydrogens (tertiary/aromatic N) is 5. The molecule has 0 bridgehead atoms. The van der Waals surface area contributed by atoms with Gasteiger partial charge in [0.1, 0.15) is 17.6 Å². The number of carbonyl (C=O) groups excluding carboxylic acids is 4. The van der Waals surface area contributed by atoms with Gasteiger partial charge in [-0.1, -0.05) is 0 Å². The maximum absolute atomic E-state index is 14.1. The van der Waals surface area contributed by atoms with Crippen LogP contribution < -0.4 is 29.7 Å². The van der Waals surface area contributed by atoms with Crippen LogP contribution in [0.2, 0.25) is 0 Å². The molecule has 1 spiro atoms. The minimum absolute atomic E-state index is 0.123. The second-order valence-corrected chi connectivity index (χ2v) is 14.4. The van der Waals surface area contributed by atoms with Crippen molar-refractivity contribution >= 4 is 46.6 Å². The Morgan fingerprint density at radius 1 is 0.778 bits per heavy atom. The molecule has 4 aromatic rings. The minimum atomic E-state index is -1.30. The Bertz CT molecular complexity index is 2120. The van der Waals surface area contributed by atoms with Gasteiger partial charge >= 0.3 is 12.1 Å². The minimum Gasteiger partial charge on any atom is -0.456 e. The second-order valence-electron chi connectivity index (χ2n) is 14.4. The maximum Gasteiger partial charge on any atom is 0.414 e. The average Bonchev–Trinajstić information content (AvgIpc) is 3.69. The maximum atomic E-state index is 14.1. The van der Waals surface area contributed by atoms with Gasteiger partial charge in [-0.05, 0) is 66.7 Å². The van der Waals surface area contributed by atoms with Crippen LogP contribution in [0.15, 0.2) is 78.9 Å². The summed E-state index contributed by atoms with van der Waals surface area (Å²) in [4.78, 5) is 61.1. The molecular formula is C41H42N6O7. The highest BCUT2D eigenvalue weighted by molar-refractivity contribution is 6.01. The third-order valence-corrected chi connectivity index (χ3v) is 10.6. The van der Waals surface area contributed by atoms with Crippen molar-refractivity contribution in [1.29, 1.82) is 0 Å². The van der Waals surface area contributed by atoms with E-state index in [-0.39, 0.29) is 18.4 Å². The molecule has 4 aliphatic rings. The molecular weight excluding hydrogens is 688 g/mol. The lowest BCUT2D eigenvalue weighted by molar-refractivity contribution is -0.119. The highest BCUT2D eigenvalue weighted by atomic mass is 16.6. The number of amides is 3. The number of hydrogen-bond acceptors (Lipinski definition) is 10. The topological polar surface area (TPSA) is 124 Å². The fourth-order valence-corrected chi connectivity index (χ4v) is 7.68. The highest BCUT2D eigenvalue weighted by Crippen LogP contribution is 2.57. The lowest BCUT2D eigenvalue weighted by Crippen LogP contribution is -2.48. The van der Waals surface area contributed by atoms with Gasteiger partial charge in [-0.3, -0.25) is 14.5 Å². The van der Waals surface area contributed by atoms with E-state index in [1.54, 1.807) is 17.0 Å². The number of fused-ring (bicyclic) bond motifs is 6. The molecule has 3 amide bonds. The first-order chi connectivity index (χ1) is 25.9. The fraction of sp³-hybridized carbons (Fsp3) is 0.317. The summed E-state index contributed by atoms with van der Waals surface area (Å²) in [5, 5.41) is 2.69. The van der Waals surface area contributed by atoms with Gasteiger partial charge in [-0.25, -0.2) is 9.59 Å². The van der Waals surface area contributed by atoms with Crippen molar-refractivity contribution in [2.75, 3.05) is 87.1 Å². The van der Waals surface area contributed by atoms with Crippen LogP contribution in [-0.4, -0.2) is 102 Å². The Morgan fingerprint density at radius 3 is 1.98 bits per heavy atom. The Hall–Kier alpha value is -6.24. The summed E-state index contributed by atoms with van der Waals surface area (Å²) in [7, 11) is 7.83. The number of esters is 1. The molecule has 278 valence electrons. The van der Waals surface area contributed by atoms with Crippen molar-refractivity contribution in [2.24, 2.45) is 0 Å². The molecule has 2 saturated heterocycles. The summed E-state index contributed by atoms with van der Waals surface area (Å²) in [6, 6.07) is 24.6. The monoisotopic (exact) mass is 730 g/mol. The van der Waals surface area contributed by atoms with Crippen molar-refractivity contribution < 1.29 is 33.4 Å². The van der Waals surface area contributed by atoms with Crippen LogP contribution in [-0.2, 0) is 19.9 Å². The molecule has 13 nitrogen and oxygen atoms in total. The van der Waals surface area contributed by atoms with Gasteiger partial charge in [0.15, 0.2) is 5.60 Å². The Balaban J connectivity index is 1.02. The average molecular weight is 731 g/mol. The molecule has 1 N–H and O–H groups in total.